The highest BCUT2D eigenvalue weighted by atomic mass is 32.1. The van der Waals surface area contributed by atoms with E-state index in [-0.39, 0.29) is 51.6 Å². The maximum absolute atomic E-state index is 14.1. The van der Waals surface area contributed by atoms with Gasteiger partial charge >= 0.3 is 18.2 Å². The van der Waals surface area contributed by atoms with Crippen LogP contribution in [0.3, 0.4) is 0 Å². The van der Waals surface area contributed by atoms with Crippen LogP contribution < -0.4 is 16.1 Å². The molecule has 0 fully saturated rings. The number of hydrogen-bond acceptors (Lipinski definition) is 9. The lowest BCUT2D eigenvalue weighted by molar-refractivity contribution is -0.140. The summed E-state index contributed by atoms with van der Waals surface area (Å²) in [6.07, 6.45) is -1.83. The number of carbonyl (C=O) groups excluding carboxylic acids is 2. The molecular weight excluding hydrogens is 716 g/mol. The first-order valence-electron chi connectivity index (χ1n) is 16.8. The molecule has 1 atom stereocenters. The number of thiazole rings is 1. The van der Waals surface area contributed by atoms with Gasteiger partial charge in [-0.1, -0.05) is 47.6 Å². The molecule has 0 spiro atoms. The Labute approximate surface area is 305 Å². The summed E-state index contributed by atoms with van der Waals surface area (Å²) < 4.78 is 54.6. The van der Waals surface area contributed by atoms with Crippen LogP contribution in [0.5, 0.6) is 0 Å². The largest absolute Gasteiger partial charge is 0.460 e. The Hall–Kier alpha value is -4.12. The second kappa shape index (κ2) is 15.5. The second-order valence-corrected chi connectivity index (χ2v) is 20.6. The molecule has 0 saturated carbocycles. The Morgan fingerprint density at radius 2 is 1.77 bits per heavy atom. The third-order valence-corrected chi connectivity index (χ3v) is 14.5. The van der Waals surface area contributed by atoms with E-state index in [4.69, 9.17) is 9.16 Å². The number of aliphatic hydroxyl groups is 1. The highest BCUT2D eigenvalue weighted by molar-refractivity contribution is 7.13. The Kier molecular flexibility index (Phi) is 12.1. The van der Waals surface area contributed by atoms with E-state index in [0.717, 1.165) is 16.7 Å². The van der Waals surface area contributed by atoms with Crippen LogP contribution in [-0.4, -0.2) is 66.3 Å². The highest BCUT2D eigenvalue weighted by Crippen LogP contribution is 2.42. The van der Waals surface area contributed by atoms with Gasteiger partial charge < -0.3 is 24.2 Å². The lowest BCUT2D eigenvalue weighted by atomic mass is 9.86. The van der Waals surface area contributed by atoms with Crippen LogP contribution in [0.4, 0.5) is 23.8 Å². The monoisotopic (exact) mass is 761 g/mol. The molecule has 3 N–H and O–H groups in total. The standard InChI is InChI=1S/C36H46F3N5O6SSi/c1-10-40-33(48)43-29-16-22(31-42-27(20-51-31)36(37,38)39)24(17-41-29)21-11-12-26-23(15-21)30(46)25(32(47)49-14-13-45)18-44(26)28(34(2,3)4)19-50-52(8,9)35(5,6)7/h11-12,15-18,20,28,45H,10,13-14,19H2,1-9H3,(H2,40,41,43,48)/t28-/m1/s1. The number of aliphatic hydroxyl groups excluding tert-OH is 1. The molecule has 2 amide bonds. The molecule has 0 radical (unpaired) electrons. The lowest BCUT2D eigenvalue weighted by Gasteiger charge is -2.40. The lowest BCUT2D eigenvalue weighted by Crippen LogP contribution is -2.43. The molecule has 0 bridgehead atoms. The summed E-state index contributed by atoms with van der Waals surface area (Å²) in [5.74, 6) is -0.844. The van der Waals surface area contributed by atoms with Crippen LogP contribution in [0.15, 0.2) is 46.8 Å². The van der Waals surface area contributed by atoms with Crippen molar-refractivity contribution in [3.05, 3.63) is 63.5 Å². The summed E-state index contributed by atoms with van der Waals surface area (Å²) in [5, 5.41) is 15.4. The van der Waals surface area contributed by atoms with Gasteiger partial charge in [-0.15, -0.1) is 11.3 Å². The normalized spacial score (nSPS) is 13.2. The second-order valence-electron chi connectivity index (χ2n) is 15.0. The van der Waals surface area contributed by atoms with Crippen molar-refractivity contribution < 1.29 is 37.0 Å². The van der Waals surface area contributed by atoms with Gasteiger partial charge in [-0.05, 0) is 54.2 Å². The van der Waals surface area contributed by atoms with E-state index in [1.807, 2.05) is 25.3 Å². The summed E-state index contributed by atoms with van der Waals surface area (Å²) in [6.45, 7) is 18.4. The number of aromatic nitrogens is 3. The van der Waals surface area contributed by atoms with Gasteiger partial charge in [0.15, 0.2) is 14.0 Å². The van der Waals surface area contributed by atoms with E-state index < -0.39 is 49.6 Å². The molecule has 0 saturated heterocycles. The van der Waals surface area contributed by atoms with Crippen molar-refractivity contribution in [2.45, 2.75) is 78.8 Å². The molecule has 4 aromatic rings. The zero-order chi connectivity index (χ0) is 38.8. The van der Waals surface area contributed by atoms with Crippen LogP contribution in [0.25, 0.3) is 32.6 Å². The fourth-order valence-electron chi connectivity index (χ4n) is 5.17. The van der Waals surface area contributed by atoms with E-state index in [0.29, 0.717) is 23.2 Å². The molecule has 16 heteroatoms. The van der Waals surface area contributed by atoms with Gasteiger partial charge in [0.2, 0.25) is 5.43 Å². The molecule has 4 rings (SSSR count). The van der Waals surface area contributed by atoms with Crippen molar-refractivity contribution in [3.8, 4) is 21.7 Å². The highest BCUT2D eigenvalue weighted by Gasteiger charge is 2.39. The summed E-state index contributed by atoms with van der Waals surface area (Å²) in [4.78, 5) is 47.8. The average Bonchev–Trinajstić information content (AvgIpc) is 3.55. The predicted octanol–water partition coefficient (Wildman–Crippen LogP) is 8.11. The molecule has 0 aliphatic carbocycles. The number of alkyl halides is 3. The van der Waals surface area contributed by atoms with E-state index >= 15 is 0 Å². The Morgan fingerprint density at radius 3 is 2.35 bits per heavy atom. The summed E-state index contributed by atoms with van der Waals surface area (Å²) in [5.41, 5.74) is -0.938. The number of carbonyl (C=O) groups is 2. The van der Waals surface area contributed by atoms with Crippen LogP contribution >= 0.6 is 11.3 Å². The molecule has 52 heavy (non-hydrogen) atoms. The third-order valence-electron chi connectivity index (χ3n) is 9.14. The Morgan fingerprint density at radius 1 is 1.08 bits per heavy atom. The molecule has 0 aliphatic heterocycles. The number of esters is 1. The van der Waals surface area contributed by atoms with Crippen molar-refractivity contribution in [1.82, 2.24) is 19.9 Å². The zero-order valence-electron chi connectivity index (χ0n) is 30.8. The maximum Gasteiger partial charge on any atom is 0.434 e. The number of pyridine rings is 2. The molecular formula is C36H46F3N5O6SSi. The van der Waals surface area contributed by atoms with Gasteiger partial charge in [0.1, 0.15) is 23.0 Å². The van der Waals surface area contributed by atoms with Crippen molar-refractivity contribution in [1.29, 1.82) is 0 Å². The van der Waals surface area contributed by atoms with Crippen molar-refractivity contribution in [2.24, 2.45) is 5.41 Å². The van der Waals surface area contributed by atoms with Gasteiger partial charge in [-0.25, -0.2) is 19.6 Å². The van der Waals surface area contributed by atoms with Crippen molar-refractivity contribution in [2.75, 3.05) is 31.7 Å². The first kappa shape index (κ1) is 40.6. The van der Waals surface area contributed by atoms with Crippen molar-refractivity contribution >= 4 is 48.4 Å². The summed E-state index contributed by atoms with van der Waals surface area (Å²) in [6, 6.07) is 5.48. The molecule has 1 aromatic carbocycles. The SMILES string of the molecule is CCNC(=O)Nc1cc(-c2nc(C(F)(F)F)cs2)c(-c2ccc3c(c2)c(=O)c(C(=O)OCCO)cn3[C@H](CO[Si](C)(C)C(C)(C)C)C(C)(C)C)cn1. The number of urea groups is 1. The minimum atomic E-state index is -4.68. The zero-order valence-corrected chi connectivity index (χ0v) is 32.6. The molecule has 11 nitrogen and oxygen atoms in total. The number of fused-ring (bicyclic) bond motifs is 1. The van der Waals surface area contributed by atoms with Gasteiger partial charge in [0.25, 0.3) is 0 Å². The smallest absolute Gasteiger partial charge is 0.434 e. The fraction of sp³-hybridized carbons (Fsp3) is 0.472. The summed E-state index contributed by atoms with van der Waals surface area (Å²) >= 11 is 0.770. The summed E-state index contributed by atoms with van der Waals surface area (Å²) in [7, 11) is -2.24. The number of rotatable bonds is 11. The Balaban J connectivity index is 1.98. The minimum Gasteiger partial charge on any atom is -0.460 e. The Bertz CT molecular complexity index is 2000. The molecule has 0 aliphatic rings. The number of benzene rings is 1. The van der Waals surface area contributed by atoms with Crippen LogP contribution in [0.2, 0.25) is 18.1 Å². The van der Waals surface area contributed by atoms with Gasteiger partial charge in [-0.3, -0.25) is 10.1 Å². The first-order valence-corrected chi connectivity index (χ1v) is 20.6. The third kappa shape index (κ3) is 9.08. The first-order chi connectivity index (χ1) is 24.1. The molecule has 0 unspecified atom stereocenters. The molecule has 282 valence electrons. The van der Waals surface area contributed by atoms with Crippen LogP contribution in [0.1, 0.15) is 70.6 Å². The number of hydrogen-bond donors (Lipinski definition) is 3. The number of nitrogens with zero attached hydrogens (tertiary/aromatic N) is 3. The topological polar surface area (TPSA) is 145 Å². The van der Waals surface area contributed by atoms with Crippen molar-refractivity contribution in [3.63, 3.8) is 0 Å². The van der Waals surface area contributed by atoms with E-state index in [9.17, 15) is 32.7 Å². The number of amides is 2. The van der Waals surface area contributed by atoms with Crippen LogP contribution in [-0.2, 0) is 15.3 Å². The predicted molar refractivity (Wildman–Crippen MR) is 199 cm³/mol. The quantitative estimate of drug-likeness (QED) is 0.103. The molecule has 3 heterocycles. The van der Waals surface area contributed by atoms with E-state index in [1.54, 1.807) is 25.1 Å². The average molecular weight is 762 g/mol. The molecule has 3 aromatic heterocycles. The van der Waals surface area contributed by atoms with Gasteiger partial charge in [0.05, 0.1) is 24.8 Å². The maximum atomic E-state index is 14.1. The minimum absolute atomic E-state index is 0.0121. The fourth-order valence-corrected chi connectivity index (χ4v) is 7.04. The number of anilines is 1. The number of ether oxygens (including phenoxy) is 1. The van der Waals surface area contributed by atoms with E-state index in [1.165, 1.54) is 18.5 Å². The van der Waals surface area contributed by atoms with Gasteiger partial charge in [-0.2, -0.15) is 13.2 Å². The number of nitrogens with one attached hydrogen (secondary N) is 2. The van der Waals surface area contributed by atoms with E-state index in [2.05, 4.69) is 54.5 Å². The van der Waals surface area contributed by atoms with Gasteiger partial charge in [0, 0.05) is 40.8 Å². The van der Waals surface area contributed by atoms with Crippen LogP contribution in [0, 0.1) is 5.41 Å². The number of halogens is 3.